The van der Waals surface area contributed by atoms with Crippen LogP contribution in [0.4, 0.5) is 5.69 Å². The van der Waals surface area contributed by atoms with Crippen molar-refractivity contribution in [3.05, 3.63) is 74.8 Å². The van der Waals surface area contributed by atoms with E-state index in [1.807, 2.05) is 25.1 Å². The molecule has 0 radical (unpaired) electrons. The molecule has 0 saturated heterocycles. The molecule has 1 atom stereocenters. The molecule has 0 aliphatic heterocycles. The first-order chi connectivity index (χ1) is 10.5. The molecule has 1 unspecified atom stereocenters. The molecule has 0 bridgehead atoms. The lowest BCUT2D eigenvalue weighted by Crippen LogP contribution is -2.28. The number of nitro groups is 1. The monoisotopic (exact) mass is 318 g/mol. The van der Waals surface area contributed by atoms with E-state index >= 15 is 0 Å². The minimum absolute atomic E-state index is 0.00796. The van der Waals surface area contributed by atoms with Crippen LogP contribution in [0.15, 0.2) is 48.5 Å². The van der Waals surface area contributed by atoms with Crippen LogP contribution in [0.2, 0.25) is 5.02 Å². The van der Waals surface area contributed by atoms with E-state index in [0.717, 1.165) is 11.1 Å². The van der Waals surface area contributed by atoms with Gasteiger partial charge >= 0.3 is 0 Å². The Bertz CT molecular complexity index is 686. The summed E-state index contributed by atoms with van der Waals surface area (Å²) in [6, 6.07) is 13.1. The fraction of sp³-hybridized carbons (Fsp3) is 0.188. The molecule has 2 rings (SSSR count). The van der Waals surface area contributed by atoms with Gasteiger partial charge in [-0.1, -0.05) is 41.9 Å². The van der Waals surface area contributed by atoms with Crippen LogP contribution in [-0.4, -0.2) is 10.8 Å². The van der Waals surface area contributed by atoms with Gasteiger partial charge in [-0.3, -0.25) is 14.9 Å². The predicted octanol–water partition coefficient (Wildman–Crippen LogP) is 3.67. The van der Waals surface area contributed by atoms with E-state index in [-0.39, 0.29) is 24.1 Å². The van der Waals surface area contributed by atoms with Gasteiger partial charge in [0, 0.05) is 17.2 Å². The van der Waals surface area contributed by atoms with Crippen LogP contribution in [0.5, 0.6) is 0 Å². The van der Waals surface area contributed by atoms with Gasteiger partial charge in [-0.15, -0.1) is 0 Å². The van der Waals surface area contributed by atoms with Crippen LogP contribution in [0.3, 0.4) is 0 Å². The fourth-order valence-corrected chi connectivity index (χ4v) is 2.42. The lowest BCUT2D eigenvalue weighted by Gasteiger charge is -2.15. The number of amides is 1. The van der Waals surface area contributed by atoms with Crippen molar-refractivity contribution in [3.63, 3.8) is 0 Å². The minimum atomic E-state index is -0.469. The lowest BCUT2D eigenvalue weighted by molar-refractivity contribution is -0.384. The van der Waals surface area contributed by atoms with Crippen LogP contribution in [0.1, 0.15) is 24.1 Å². The van der Waals surface area contributed by atoms with Gasteiger partial charge in [0.1, 0.15) is 0 Å². The molecule has 0 fully saturated rings. The molecule has 0 aliphatic carbocycles. The number of nitro benzene ring substituents is 1. The van der Waals surface area contributed by atoms with Gasteiger partial charge < -0.3 is 5.32 Å². The third-order valence-electron chi connectivity index (χ3n) is 3.26. The Morgan fingerprint density at radius 3 is 2.45 bits per heavy atom. The molecule has 0 saturated carbocycles. The quantitative estimate of drug-likeness (QED) is 0.675. The van der Waals surface area contributed by atoms with E-state index in [4.69, 9.17) is 11.6 Å². The Morgan fingerprint density at radius 2 is 1.86 bits per heavy atom. The second-order valence-corrected chi connectivity index (χ2v) is 5.32. The van der Waals surface area contributed by atoms with Crippen LogP contribution >= 0.6 is 11.6 Å². The highest BCUT2D eigenvalue weighted by Gasteiger charge is 2.13. The van der Waals surface area contributed by atoms with Crippen molar-refractivity contribution in [1.82, 2.24) is 5.32 Å². The molecule has 22 heavy (non-hydrogen) atoms. The molecule has 0 aliphatic rings. The van der Waals surface area contributed by atoms with E-state index in [9.17, 15) is 14.9 Å². The standard InChI is InChI=1S/C16H15ClN2O3/c1-11(14-4-2-3-5-15(14)17)18-16(20)10-12-6-8-13(9-7-12)19(21)22/h2-9,11H,10H2,1H3,(H,18,20). The van der Waals surface area contributed by atoms with Crippen molar-refractivity contribution in [2.24, 2.45) is 0 Å². The van der Waals surface area contributed by atoms with Gasteiger partial charge in [-0.25, -0.2) is 0 Å². The number of non-ortho nitro benzene ring substituents is 1. The summed E-state index contributed by atoms with van der Waals surface area (Å²) in [6.45, 7) is 1.86. The summed E-state index contributed by atoms with van der Waals surface area (Å²) in [6.07, 6.45) is 0.160. The van der Waals surface area contributed by atoms with Gasteiger partial charge in [0.25, 0.3) is 5.69 Å². The van der Waals surface area contributed by atoms with Gasteiger partial charge in [-0.2, -0.15) is 0 Å². The Kier molecular flexibility index (Phi) is 5.12. The number of hydrogen-bond acceptors (Lipinski definition) is 3. The smallest absolute Gasteiger partial charge is 0.269 e. The van der Waals surface area contributed by atoms with E-state index in [0.29, 0.717) is 5.02 Å². The van der Waals surface area contributed by atoms with Crippen LogP contribution in [0, 0.1) is 10.1 Å². The summed E-state index contributed by atoms with van der Waals surface area (Å²) >= 11 is 6.09. The van der Waals surface area contributed by atoms with E-state index in [1.165, 1.54) is 12.1 Å². The van der Waals surface area contributed by atoms with Crippen molar-refractivity contribution < 1.29 is 9.72 Å². The number of halogens is 1. The number of rotatable bonds is 5. The van der Waals surface area contributed by atoms with Crippen LogP contribution in [0.25, 0.3) is 0 Å². The molecule has 2 aromatic rings. The number of nitrogens with one attached hydrogen (secondary N) is 1. The zero-order valence-electron chi connectivity index (χ0n) is 12.0. The molecular weight excluding hydrogens is 304 g/mol. The summed E-state index contributed by atoms with van der Waals surface area (Å²) in [5.41, 5.74) is 1.57. The number of carbonyl (C=O) groups is 1. The topological polar surface area (TPSA) is 72.2 Å². The number of nitrogens with zero attached hydrogens (tertiary/aromatic N) is 1. The second-order valence-electron chi connectivity index (χ2n) is 4.91. The van der Waals surface area contributed by atoms with E-state index < -0.39 is 4.92 Å². The highest BCUT2D eigenvalue weighted by atomic mass is 35.5. The second kappa shape index (κ2) is 7.04. The highest BCUT2D eigenvalue weighted by molar-refractivity contribution is 6.31. The first-order valence-corrected chi connectivity index (χ1v) is 7.12. The van der Waals surface area contributed by atoms with Gasteiger partial charge in [0.05, 0.1) is 17.4 Å². The van der Waals surface area contributed by atoms with Crippen LogP contribution < -0.4 is 5.32 Å². The Hall–Kier alpha value is -2.40. The van der Waals surface area contributed by atoms with Gasteiger partial charge in [0.15, 0.2) is 0 Å². The number of carbonyl (C=O) groups excluding carboxylic acids is 1. The third-order valence-corrected chi connectivity index (χ3v) is 3.61. The molecule has 0 spiro atoms. The zero-order chi connectivity index (χ0) is 16.1. The Balaban J connectivity index is 1.98. The molecule has 0 aromatic heterocycles. The van der Waals surface area contributed by atoms with Gasteiger partial charge in [-0.05, 0) is 24.1 Å². The summed E-state index contributed by atoms with van der Waals surface area (Å²) < 4.78 is 0. The zero-order valence-corrected chi connectivity index (χ0v) is 12.7. The average Bonchev–Trinajstić information content (AvgIpc) is 2.48. The van der Waals surface area contributed by atoms with Crippen molar-refractivity contribution in [3.8, 4) is 0 Å². The predicted molar refractivity (Wildman–Crippen MR) is 84.8 cm³/mol. The highest BCUT2D eigenvalue weighted by Crippen LogP contribution is 2.22. The first kappa shape index (κ1) is 16.0. The molecule has 5 nitrogen and oxygen atoms in total. The minimum Gasteiger partial charge on any atom is -0.349 e. The summed E-state index contributed by atoms with van der Waals surface area (Å²) in [5.74, 6) is -0.165. The van der Waals surface area contributed by atoms with E-state index in [1.54, 1.807) is 18.2 Å². The molecular formula is C16H15ClN2O3. The van der Waals surface area contributed by atoms with Crippen molar-refractivity contribution in [1.29, 1.82) is 0 Å². The fourth-order valence-electron chi connectivity index (χ4n) is 2.12. The molecule has 114 valence electrons. The van der Waals surface area contributed by atoms with Crippen molar-refractivity contribution in [2.75, 3.05) is 0 Å². The molecule has 1 N–H and O–H groups in total. The summed E-state index contributed by atoms with van der Waals surface area (Å²) in [7, 11) is 0. The Morgan fingerprint density at radius 1 is 1.23 bits per heavy atom. The number of hydrogen-bond donors (Lipinski definition) is 1. The van der Waals surface area contributed by atoms with Crippen molar-refractivity contribution in [2.45, 2.75) is 19.4 Å². The molecule has 0 heterocycles. The lowest BCUT2D eigenvalue weighted by atomic mass is 10.1. The summed E-state index contributed by atoms with van der Waals surface area (Å²) in [5, 5.41) is 14.1. The normalized spacial score (nSPS) is 11.7. The molecule has 6 heteroatoms. The largest absolute Gasteiger partial charge is 0.349 e. The maximum atomic E-state index is 12.0. The maximum Gasteiger partial charge on any atom is 0.269 e. The first-order valence-electron chi connectivity index (χ1n) is 6.74. The van der Waals surface area contributed by atoms with E-state index in [2.05, 4.69) is 5.32 Å². The van der Waals surface area contributed by atoms with Crippen LogP contribution in [-0.2, 0) is 11.2 Å². The third kappa shape index (κ3) is 4.05. The molecule has 2 aromatic carbocycles. The SMILES string of the molecule is CC(NC(=O)Cc1ccc([N+](=O)[O-])cc1)c1ccccc1Cl. The van der Waals surface area contributed by atoms with Crippen molar-refractivity contribution >= 4 is 23.2 Å². The molecule has 1 amide bonds. The number of benzene rings is 2. The maximum absolute atomic E-state index is 12.0. The summed E-state index contributed by atoms with van der Waals surface area (Å²) in [4.78, 5) is 22.2. The Labute approximate surface area is 133 Å². The van der Waals surface area contributed by atoms with Gasteiger partial charge in [0.2, 0.25) is 5.91 Å². The average molecular weight is 319 g/mol.